The third-order valence-electron chi connectivity index (χ3n) is 2.97. The highest BCUT2D eigenvalue weighted by Crippen LogP contribution is 2.21. The minimum Gasteiger partial charge on any atom is -0.256 e. The monoisotopic (exact) mass is 265 g/mol. The number of fused-ring (bicyclic) bond motifs is 1. The van der Waals surface area contributed by atoms with Crippen molar-refractivity contribution < 1.29 is 0 Å². The quantitative estimate of drug-likeness (QED) is 0.562. The molecule has 3 aromatic rings. The van der Waals surface area contributed by atoms with Gasteiger partial charge < -0.3 is 0 Å². The van der Waals surface area contributed by atoms with Gasteiger partial charge >= 0.3 is 0 Å². The van der Waals surface area contributed by atoms with Crippen LogP contribution >= 0.6 is 11.6 Å². The molecule has 0 aliphatic heterocycles. The molecule has 0 radical (unpaired) electrons. The van der Waals surface area contributed by atoms with Gasteiger partial charge in [0.1, 0.15) is 0 Å². The Balaban J connectivity index is 1.90. The van der Waals surface area contributed by atoms with Crippen LogP contribution in [0.2, 0.25) is 5.02 Å². The highest BCUT2D eigenvalue weighted by molar-refractivity contribution is 6.30. The van der Waals surface area contributed by atoms with Gasteiger partial charge in [-0.05, 0) is 40.6 Å². The number of aliphatic imine (C=N–C) groups is 1. The third-order valence-corrected chi connectivity index (χ3v) is 3.22. The summed E-state index contributed by atoms with van der Waals surface area (Å²) in [4.78, 5) is 4.49. The van der Waals surface area contributed by atoms with E-state index in [0.717, 1.165) is 16.3 Å². The van der Waals surface area contributed by atoms with Crippen molar-refractivity contribution in [3.05, 3.63) is 77.3 Å². The molecule has 0 saturated heterocycles. The predicted octanol–water partition coefficient (Wildman–Crippen LogP) is 5.24. The van der Waals surface area contributed by atoms with E-state index in [2.05, 4.69) is 29.3 Å². The zero-order valence-corrected chi connectivity index (χ0v) is 11.0. The first kappa shape index (κ1) is 11.9. The molecule has 0 fully saturated rings. The van der Waals surface area contributed by atoms with Gasteiger partial charge in [0.05, 0.1) is 5.69 Å². The van der Waals surface area contributed by atoms with Crippen LogP contribution in [0.4, 0.5) is 5.69 Å². The topological polar surface area (TPSA) is 12.4 Å². The molecule has 1 nitrogen and oxygen atoms in total. The Bertz CT molecular complexity index is 730. The molecule has 2 heteroatoms. The molecule has 0 spiro atoms. The van der Waals surface area contributed by atoms with Gasteiger partial charge in [-0.2, -0.15) is 0 Å². The molecular formula is C17H12ClN. The van der Waals surface area contributed by atoms with Crippen molar-refractivity contribution in [2.45, 2.75) is 0 Å². The first-order chi connectivity index (χ1) is 9.31. The molecule has 0 aliphatic rings. The van der Waals surface area contributed by atoms with Gasteiger partial charge in [0.2, 0.25) is 0 Å². The normalized spacial score (nSPS) is 11.2. The second-order valence-corrected chi connectivity index (χ2v) is 4.78. The molecule has 0 amide bonds. The average molecular weight is 266 g/mol. The van der Waals surface area contributed by atoms with Crippen LogP contribution in [0.25, 0.3) is 10.8 Å². The minimum absolute atomic E-state index is 0.739. The van der Waals surface area contributed by atoms with Crippen LogP contribution in [-0.4, -0.2) is 6.21 Å². The third kappa shape index (κ3) is 2.83. The van der Waals surface area contributed by atoms with E-state index in [1.807, 2.05) is 48.7 Å². The smallest absolute Gasteiger partial charge is 0.0636 e. The van der Waals surface area contributed by atoms with Crippen LogP contribution in [0.3, 0.4) is 0 Å². The molecule has 0 atom stereocenters. The van der Waals surface area contributed by atoms with Crippen molar-refractivity contribution in [2.75, 3.05) is 0 Å². The Morgan fingerprint density at radius 2 is 1.53 bits per heavy atom. The second-order valence-electron chi connectivity index (χ2n) is 4.34. The standard InChI is InChI=1S/C17H12ClN/c18-16-8-5-13(6-9-16)12-19-17-10-7-14-3-1-2-4-15(14)11-17/h1-12H. The molecule has 0 aliphatic carbocycles. The van der Waals surface area contributed by atoms with E-state index >= 15 is 0 Å². The molecule has 0 saturated carbocycles. The number of hydrogen-bond donors (Lipinski definition) is 0. The molecule has 0 N–H and O–H groups in total. The Morgan fingerprint density at radius 1 is 0.789 bits per heavy atom. The molecular weight excluding hydrogens is 254 g/mol. The number of benzene rings is 3. The first-order valence-corrected chi connectivity index (χ1v) is 6.47. The van der Waals surface area contributed by atoms with Crippen molar-refractivity contribution in [1.82, 2.24) is 0 Å². The van der Waals surface area contributed by atoms with Gasteiger partial charge in [-0.15, -0.1) is 0 Å². The van der Waals surface area contributed by atoms with Crippen LogP contribution in [0, 0.1) is 0 Å². The lowest BCUT2D eigenvalue weighted by Crippen LogP contribution is -1.79. The van der Waals surface area contributed by atoms with Gasteiger partial charge in [0.25, 0.3) is 0 Å². The van der Waals surface area contributed by atoms with Gasteiger partial charge in [0.15, 0.2) is 0 Å². The lowest BCUT2D eigenvalue weighted by Gasteiger charge is -1.99. The largest absolute Gasteiger partial charge is 0.256 e. The van der Waals surface area contributed by atoms with Crippen molar-refractivity contribution in [2.24, 2.45) is 4.99 Å². The van der Waals surface area contributed by atoms with E-state index < -0.39 is 0 Å². The summed E-state index contributed by atoms with van der Waals surface area (Å²) in [5.74, 6) is 0. The maximum atomic E-state index is 5.85. The maximum Gasteiger partial charge on any atom is 0.0636 e. The molecule has 0 aromatic heterocycles. The number of halogens is 1. The summed E-state index contributed by atoms with van der Waals surface area (Å²) >= 11 is 5.85. The lowest BCUT2D eigenvalue weighted by molar-refractivity contribution is 1.55. The fraction of sp³-hybridized carbons (Fsp3) is 0. The minimum atomic E-state index is 0.739. The van der Waals surface area contributed by atoms with E-state index in [0.29, 0.717) is 0 Å². The summed E-state index contributed by atoms with van der Waals surface area (Å²) in [6.45, 7) is 0. The maximum absolute atomic E-state index is 5.85. The predicted molar refractivity (Wildman–Crippen MR) is 82.7 cm³/mol. The van der Waals surface area contributed by atoms with Crippen molar-refractivity contribution >= 4 is 34.3 Å². The average Bonchev–Trinajstić information content (AvgIpc) is 2.46. The highest BCUT2D eigenvalue weighted by atomic mass is 35.5. The Labute approximate surface area is 117 Å². The summed E-state index contributed by atoms with van der Waals surface area (Å²) in [6.07, 6.45) is 1.85. The highest BCUT2D eigenvalue weighted by Gasteiger charge is 1.94. The Kier molecular flexibility index (Phi) is 3.30. The van der Waals surface area contributed by atoms with Gasteiger partial charge in [0, 0.05) is 11.2 Å². The molecule has 3 aromatic carbocycles. The van der Waals surface area contributed by atoms with Gasteiger partial charge in [-0.1, -0.05) is 54.1 Å². The van der Waals surface area contributed by atoms with E-state index in [1.165, 1.54) is 10.8 Å². The zero-order chi connectivity index (χ0) is 13.1. The van der Waals surface area contributed by atoms with Crippen LogP contribution in [0.1, 0.15) is 5.56 Å². The Morgan fingerprint density at radius 3 is 2.32 bits per heavy atom. The number of nitrogens with zero attached hydrogens (tertiary/aromatic N) is 1. The number of rotatable bonds is 2. The SMILES string of the molecule is Clc1ccc(C=Nc2ccc3ccccc3c2)cc1. The summed E-state index contributed by atoms with van der Waals surface area (Å²) in [7, 11) is 0. The lowest BCUT2D eigenvalue weighted by atomic mass is 10.1. The molecule has 3 rings (SSSR count). The van der Waals surface area contributed by atoms with Crippen LogP contribution in [0.15, 0.2) is 71.7 Å². The van der Waals surface area contributed by atoms with Crippen LogP contribution in [0.5, 0.6) is 0 Å². The first-order valence-electron chi connectivity index (χ1n) is 6.10. The van der Waals surface area contributed by atoms with E-state index in [1.54, 1.807) is 0 Å². The summed E-state index contributed by atoms with van der Waals surface area (Å²) in [5.41, 5.74) is 1.99. The summed E-state index contributed by atoms with van der Waals surface area (Å²) in [6, 6.07) is 22.1. The van der Waals surface area contributed by atoms with Crippen molar-refractivity contribution in [1.29, 1.82) is 0 Å². The van der Waals surface area contributed by atoms with E-state index in [4.69, 9.17) is 11.6 Å². The van der Waals surface area contributed by atoms with Gasteiger partial charge in [-0.3, -0.25) is 4.99 Å². The molecule has 19 heavy (non-hydrogen) atoms. The number of hydrogen-bond acceptors (Lipinski definition) is 1. The van der Waals surface area contributed by atoms with Crippen molar-refractivity contribution in [3.63, 3.8) is 0 Å². The van der Waals surface area contributed by atoms with E-state index in [9.17, 15) is 0 Å². The second kappa shape index (κ2) is 5.25. The molecule has 92 valence electrons. The van der Waals surface area contributed by atoms with Crippen LogP contribution < -0.4 is 0 Å². The Hall–Kier alpha value is -2.12. The fourth-order valence-electron chi connectivity index (χ4n) is 1.95. The van der Waals surface area contributed by atoms with Crippen molar-refractivity contribution in [3.8, 4) is 0 Å². The summed E-state index contributed by atoms with van der Waals surface area (Å²) < 4.78 is 0. The van der Waals surface area contributed by atoms with Crippen LogP contribution in [-0.2, 0) is 0 Å². The zero-order valence-electron chi connectivity index (χ0n) is 10.3. The summed E-state index contributed by atoms with van der Waals surface area (Å²) in [5, 5.41) is 3.17. The molecule has 0 unspecified atom stereocenters. The van der Waals surface area contributed by atoms with E-state index in [-0.39, 0.29) is 0 Å². The molecule has 0 heterocycles. The van der Waals surface area contributed by atoms with Gasteiger partial charge in [-0.25, -0.2) is 0 Å². The molecule has 0 bridgehead atoms. The fourth-order valence-corrected chi connectivity index (χ4v) is 2.08.